The van der Waals surface area contributed by atoms with Crippen LogP contribution in [0.3, 0.4) is 0 Å². The van der Waals surface area contributed by atoms with Crippen molar-refractivity contribution in [2.45, 2.75) is 89.1 Å². The van der Waals surface area contributed by atoms with E-state index >= 15 is 0 Å². The average molecular weight is 721 g/mol. The summed E-state index contributed by atoms with van der Waals surface area (Å²) in [5.41, 5.74) is 13.0. The molecule has 2 aliphatic heterocycles. The van der Waals surface area contributed by atoms with E-state index in [2.05, 4.69) is 39.8 Å². The van der Waals surface area contributed by atoms with Crippen LogP contribution in [0.2, 0.25) is 0 Å². The van der Waals surface area contributed by atoms with Crippen LogP contribution in [0.1, 0.15) is 86.0 Å². The summed E-state index contributed by atoms with van der Waals surface area (Å²) in [6.45, 7) is 2.66. The maximum atomic E-state index is 12.6. The summed E-state index contributed by atoms with van der Waals surface area (Å²) >= 11 is 0. The highest BCUT2D eigenvalue weighted by Crippen LogP contribution is 2.39. The summed E-state index contributed by atoms with van der Waals surface area (Å²) in [4.78, 5) is 27.1. The van der Waals surface area contributed by atoms with Crippen LogP contribution < -0.4 is 16.4 Å². The lowest BCUT2D eigenvalue weighted by Crippen LogP contribution is -2.38. The SMILES string of the molecule is Nc1ccccc1NC(=O)CCCCCCC(=O)NCc1cccc(-c2cccc(C3OC(CN4CCC(O)C4)CC(c4ccc(CO)cc4)O3)c2)c1. The molecule has 2 amide bonds. The lowest BCUT2D eigenvalue weighted by molar-refractivity contribution is -0.252. The quantitative estimate of drug-likeness (QED) is 0.0640. The number of likely N-dealkylation sites (tertiary alicyclic amines) is 1. The highest BCUT2D eigenvalue weighted by atomic mass is 16.7. The van der Waals surface area contributed by atoms with Gasteiger partial charge in [0.2, 0.25) is 11.8 Å². The second-order valence-corrected chi connectivity index (χ2v) is 14.2. The van der Waals surface area contributed by atoms with Crippen LogP contribution >= 0.6 is 0 Å². The van der Waals surface area contributed by atoms with Crippen molar-refractivity contribution in [1.29, 1.82) is 0 Å². The molecule has 4 atom stereocenters. The molecule has 6 rings (SSSR count). The topological polar surface area (TPSA) is 146 Å². The number of nitrogens with zero attached hydrogens (tertiary/aromatic N) is 1. The Morgan fingerprint density at radius 3 is 2.26 bits per heavy atom. The first kappa shape index (κ1) is 38.2. The third-order valence-corrected chi connectivity index (χ3v) is 10.0. The average Bonchev–Trinajstić information content (AvgIpc) is 3.60. The number of carbonyl (C=O) groups excluding carboxylic acids is 2. The summed E-state index contributed by atoms with van der Waals surface area (Å²) in [6, 6.07) is 31.5. The van der Waals surface area contributed by atoms with Gasteiger partial charge in [-0.2, -0.15) is 0 Å². The molecule has 2 fully saturated rings. The second kappa shape index (κ2) is 19.0. The predicted molar refractivity (Wildman–Crippen MR) is 206 cm³/mol. The van der Waals surface area contributed by atoms with Gasteiger partial charge < -0.3 is 36.1 Å². The summed E-state index contributed by atoms with van der Waals surface area (Å²) in [7, 11) is 0. The number of nitrogen functional groups attached to an aromatic ring is 1. The van der Waals surface area contributed by atoms with E-state index in [1.54, 1.807) is 12.1 Å². The molecule has 4 aromatic carbocycles. The van der Waals surface area contributed by atoms with Gasteiger partial charge in [-0.15, -0.1) is 0 Å². The fourth-order valence-corrected chi connectivity index (χ4v) is 7.06. The summed E-state index contributed by atoms with van der Waals surface area (Å²) < 4.78 is 13.2. The van der Waals surface area contributed by atoms with E-state index in [4.69, 9.17) is 15.2 Å². The van der Waals surface area contributed by atoms with Gasteiger partial charge in [0.25, 0.3) is 0 Å². The highest BCUT2D eigenvalue weighted by Gasteiger charge is 2.34. The molecule has 0 spiro atoms. The van der Waals surface area contributed by atoms with Crippen molar-refractivity contribution in [3.63, 3.8) is 0 Å². The molecule has 0 saturated carbocycles. The zero-order chi connectivity index (χ0) is 37.0. The number of aliphatic hydroxyl groups is 2. The highest BCUT2D eigenvalue weighted by molar-refractivity contribution is 5.93. The minimum atomic E-state index is -0.572. The van der Waals surface area contributed by atoms with E-state index < -0.39 is 6.29 Å². The van der Waals surface area contributed by atoms with E-state index in [-0.39, 0.29) is 36.7 Å². The number of benzene rings is 4. The van der Waals surface area contributed by atoms with Gasteiger partial charge in [-0.3, -0.25) is 14.5 Å². The molecule has 53 heavy (non-hydrogen) atoms. The Morgan fingerprint density at radius 1 is 0.792 bits per heavy atom. The van der Waals surface area contributed by atoms with Gasteiger partial charge in [0.05, 0.1) is 36.3 Å². The van der Waals surface area contributed by atoms with Crippen molar-refractivity contribution in [3.8, 4) is 11.1 Å². The van der Waals surface area contributed by atoms with Crippen molar-refractivity contribution in [3.05, 3.63) is 119 Å². The molecule has 10 nitrogen and oxygen atoms in total. The first-order valence-electron chi connectivity index (χ1n) is 18.8. The largest absolute Gasteiger partial charge is 0.397 e. The van der Waals surface area contributed by atoms with E-state index in [0.717, 1.165) is 78.6 Å². The zero-order valence-corrected chi connectivity index (χ0v) is 30.3. The molecule has 280 valence electrons. The molecule has 0 aliphatic carbocycles. The zero-order valence-electron chi connectivity index (χ0n) is 30.3. The molecule has 4 unspecified atom stereocenters. The standard InChI is InChI=1S/C43H52N4O6/c44-38-13-5-6-14-39(38)46-42(51)16-4-2-1-3-15-41(50)45-26-31-9-7-10-33(23-31)34-11-8-12-35(24-34)43-52-37(28-47-22-21-36(49)27-47)25-40(53-43)32-19-17-30(29-48)18-20-32/h5-14,17-20,23-24,36-37,40,43,48-49H,1-4,15-16,21-22,25-29,44H2,(H,45,50)(H,46,51). The third kappa shape index (κ3) is 11.2. The molecule has 4 aromatic rings. The Kier molecular flexibility index (Phi) is 13.6. The Balaban J connectivity index is 0.997. The monoisotopic (exact) mass is 720 g/mol. The molecule has 6 N–H and O–H groups in total. The third-order valence-electron chi connectivity index (χ3n) is 10.0. The fraction of sp³-hybridized carbons (Fsp3) is 0.395. The number of amides is 2. The first-order chi connectivity index (χ1) is 25.8. The summed E-state index contributed by atoms with van der Waals surface area (Å²) in [5, 5.41) is 25.6. The lowest BCUT2D eigenvalue weighted by atomic mass is 9.98. The molecule has 2 aliphatic rings. The van der Waals surface area contributed by atoms with E-state index in [1.807, 2.05) is 60.7 Å². The van der Waals surface area contributed by atoms with Gasteiger partial charge in [-0.05, 0) is 71.3 Å². The summed E-state index contributed by atoms with van der Waals surface area (Å²) in [6.07, 6.45) is 4.51. The van der Waals surface area contributed by atoms with Gasteiger partial charge in [0, 0.05) is 51.0 Å². The van der Waals surface area contributed by atoms with E-state index in [0.29, 0.717) is 43.7 Å². The maximum Gasteiger partial charge on any atom is 0.224 e. The Bertz CT molecular complexity index is 1800. The number of carbonyl (C=O) groups is 2. The molecular weight excluding hydrogens is 668 g/mol. The van der Waals surface area contributed by atoms with E-state index in [9.17, 15) is 19.8 Å². The molecular formula is C43H52N4O6. The van der Waals surface area contributed by atoms with Crippen molar-refractivity contribution >= 4 is 23.2 Å². The number of unbranched alkanes of at least 4 members (excludes halogenated alkanes) is 3. The van der Waals surface area contributed by atoms with Gasteiger partial charge in [-0.25, -0.2) is 0 Å². The van der Waals surface area contributed by atoms with Crippen LogP contribution in [0.5, 0.6) is 0 Å². The number of β-amino-alcohol motifs (C(OH)–C–C–N with tert-alkyl or cyclic N) is 1. The number of rotatable bonds is 16. The van der Waals surface area contributed by atoms with Crippen molar-refractivity contribution < 1.29 is 29.3 Å². The molecule has 0 radical (unpaired) electrons. The number of nitrogens with one attached hydrogen (secondary N) is 2. The predicted octanol–water partition coefficient (Wildman–Crippen LogP) is 6.64. The molecule has 0 aromatic heterocycles. The first-order valence-corrected chi connectivity index (χ1v) is 18.8. The molecule has 2 heterocycles. The number of anilines is 2. The van der Waals surface area contributed by atoms with Gasteiger partial charge in [0.15, 0.2) is 6.29 Å². The molecule has 0 bridgehead atoms. The smallest absolute Gasteiger partial charge is 0.224 e. The van der Waals surface area contributed by atoms with Gasteiger partial charge in [-0.1, -0.05) is 85.6 Å². The minimum absolute atomic E-state index is 0.00519. The number of hydrogen-bond donors (Lipinski definition) is 5. The lowest BCUT2D eigenvalue weighted by Gasteiger charge is -2.38. The number of hydrogen-bond acceptors (Lipinski definition) is 8. The van der Waals surface area contributed by atoms with Gasteiger partial charge >= 0.3 is 0 Å². The van der Waals surface area contributed by atoms with Crippen molar-refractivity contribution in [2.24, 2.45) is 0 Å². The van der Waals surface area contributed by atoms with Crippen LogP contribution in [-0.4, -0.2) is 58.8 Å². The summed E-state index contributed by atoms with van der Waals surface area (Å²) in [5.74, 6) is -0.0379. The molecule has 10 heteroatoms. The van der Waals surface area contributed by atoms with Crippen molar-refractivity contribution in [2.75, 3.05) is 30.7 Å². The van der Waals surface area contributed by atoms with Crippen LogP contribution in [0, 0.1) is 0 Å². The Hall–Kier alpha value is -4.58. The molecule has 2 saturated heterocycles. The maximum absolute atomic E-state index is 12.6. The van der Waals surface area contributed by atoms with Gasteiger partial charge in [0.1, 0.15) is 0 Å². The van der Waals surface area contributed by atoms with Crippen LogP contribution in [0.25, 0.3) is 11.1 Å². The van der Waals surface area contributed by atoms with Crippen molar-refractivity contribution in [1.82, 2.24) is 10.2 Å². The van der Waals surface area contributed by atoms with E-state index in [1.165, 1.54) is 0 Å². The fourth-order valence-electron chi connectivity index (χ4n) is 7.06. The van der Waals surface area contributed by atoms with Crippen LogP contribution in [0.15, 0.2) is 97.1 Å². The number of aliphatic hydroxyl groups excluding tert-OH is 2. The normalized spacial score (nSPS) is 20.3. The Morgan fingerprint density at radius 2 is 1.53 bits per heavy atom. The number of para-hydroxylation sites is 2. The minimum Gasteiger partial charge on any atom is -0.397 e. The second-order valence-electron chi connectivity index (χ2n) is 14.2. The number of ether oxygens (including phenoxy) is 2. The Labute approximate surface area is 312 Å². The van der Waals surface area contributed by atoms with Crippen LogP contribution in [0.4, 0.5) is 11.4 Å². The van der Waals surface area contributed by atoms with Crippen LogP contribution in [-0.2, 0) is 32.2 Å². The number of nitrogens with two attached hydrogens (primary N) is 1.